The molecule has 7 heteroatoms. The summed E-state index contributed by atoms with van der Waals surface area (Å²) in [7, 11) is 1.64. The van der Waals surface area contributed by atoms with Crippen molar-refractivity contribution in [1.29, 1.82) is 5.26 Å². The van der Waals surface area contributed by atoms with E-state index < -0.39 is 6.04 Å². The van der Waals surface area contributed by atoms with Gasteiger partial charge in [-0.15, -0.1) is 0 Å². The van der Waals surface area contributed by atoms with Gasteiger partial charge in [-0.3, -0.25) is 9.59 Å². The van der Waals surface area contributed by atoms with Crippen LogP contribution in [0.5, 0.6) is 0 Å². The van der Waals surface area contributed by atoms with Crippen LogP contribution in [-0.2, 0) is 14.3 Å². The molecule has 0 aromatic heterocycles. The number of nitrogens with two attached hydrogens (primary N) is 1. The lowest BCUT2D eigenvalue weighted by Crippen LogP contribution is -2.46. The Labute approximate surface area is 137 Å². The number of hydrogen-bond donors (Lipinski definition) is 1. The van der Waals surface area contributed by atoms with Crippen LogP contribution >= 0.6 is 0 Å². The maximum Gasteiger partial charge on any atom is 0.240 e. The smallest absolute Gasteiger partial charge is 0.240 e. The number of hydrogen-bond acceptors (Lipinski definition) is 5. The maximum atomic E-state index is 12.3. The van der Waals surface area contributed by atoms with Gasteiger partial charge in [-0.1, -0.05) is 0 Å². The molecule has 2 fully saturated rings. The number of carbonyl (C=O) groups excluding carboxylic acids is 2. The van der Waals surface area contributed by atoms with Crippen LogP contribution in [-0.4, -0.2) is 66.5 Å². The summed E-state index contributed by atoms with van der Waals surface area (Å²) in [6.45, 7) is 1.88. The van der Waals surface area contributed by atoms with Crippen LogP contribution in [0.3, 0.4) is 0 Å². The molecule has 2 saturated heterocycles. The van der Waals surface area contributed by atoms with Gasteiger partial charge < -0.3 is 20.3 Å². The van der Waals surface area contributed by atoms with Crippen LogP contribution in [0.1, 0.15) is 38.5 Å². The number of likely N-dealkylation sites (tertiary alicyclic amines) is 2. The predicted octanol–water partition coefficient (Wildman–Crippen LogP) is 0.246. The van der Waals surface area contributed by atoms with Gasteiger partial charge in [0.15, 0.2) is 0 Å². The van der Waals surface area contributed by atoms with E-state index in [0.29, 0.717) is 26.0 Å². The van der Waals surface area contributed by atoms with Crippen LogP contribution < -0.4 is 5.73 Å². The van der Waals surface area contributed by atoms with Gasteiger partial charge in [0.1, 0.15) is 6.04 Å². The lowest BCUT2D eigenvalue weighted by atomic mass is 10.1. The van der Waals surface area contributed by atoms with Gasteiger partial charge in [-0.25, -0.2) is 0 Å². The molecule has 0 aliphatic carbocycles. The van der Waals surface area contributed by atoms with Crippen molar-refractivity contribution < 1.29 is 14.3 Å². The zero-order valence-electron chi connectivity index (χ0n) is 13.7. The molecule has 0 aromatic rings. The summed E-state index contributed by atoms with van der Waals surface area (Å²) < 4.78 is 5.15. The quantitative estimate of drug-likeness (QED) is 0.755. The van der Waals surface area contributed by atoms with E-state index in [1.807, 2.05) is 4.90 Å². The third-order valence-corrected chi connectivity index (χ3v) is 4.73. The predicted molar refractivity (Wildman–Crippen MR) is 84.2 cm³/mol. The highest BCUT2D eigenvalue weighted by Crippen LogP contribution is 2.20. The largest absolute Gasteiger partial charge is 0.383 e. The SMILES string of the molecule is COC[C@@H]1CCCN1C(=O)CC[C@H](N)C(=O)N1CCC[C@H]1C#N. The molecule has 2 heterocycles. The number of amides is 2. The average Bonchev–Trinajstić information content (AvgIpc) is 3.20. The minimum atomic E-state index is -0.712. The Morgan fingerprint density at radius 1 is 1.30 bits per heavy atom. The first-order valence-electron chi connectivity index (χ1n) is 8.32. The fraction of sp³-hybridized carbons (Fsp3) is 0.812. The van der Waals surface area contributed by atoms with Crippen LogP contribution in [0, 0.1) is 11.3 Å². The Morgan fingerprint density at radius 3 is 2.70 bits per heavy atom. The van der Waals surface area contributed by atoms with Crippen molar-refractivity contribution in [2.75, 3.05) is 26.8 Å². The van der Waals surface area contributed by atoms with Crippen LogP contribution in [0.15, 0.2) is 0 Å². The Hall–Kier alpha value is -1.65. The van der Waals surface area contributed by atoms with E-state index in [-0.39, 0.29) is 30.3 Å². The molecule has 0 radical (unpaired) electrons. The lowest BCUT2D eigenvalue weighted by molar-refractivity contribution is -0.134. The first-order valence-corrected chi connectivity index (χ1v) is 8.32. The number of ether oxygens (including phenoxy) is 1. The molecule has 128 valence electrons. The topological polar surface area (TPSA) is 99.7 Å². The van der Waals surface area contributed by atoms with Crippen molar-refractivity contribution in [2.24, 2.45) is 5.73 Å². The summed E-state index contributed by atoms with van der Waals surface area (Å²) in [5.74, 6) is -0.178. The summed E-state index contributed by atoms with van der Waals surface area (Å²) in [4.78, 5) is 28.1. The molecule has 0 bridgehead atoms. The molecule has 3 atom stereocenters. The first kappa shape index (κ1) is 17.7. The minimum absolute atomic E-state index is 0.0334. The van der Waals surface area contributed by atoms with Gasteiger partial charge in [-0.2, -0.15) is 5.26 Å². The highest BCUT2D eigenvalue weighted by Gasteiger charge is 2.33. The molecule has 2 N–H and O–H groups in total. The third kappa shape index (κ3) is 4.21. The monoisotopic (exact) mass is 322 g/mol. The number of nitriles is 1. The normalized spacial score (nSPS) is 25.4. The zero-order valence-corrected chi connectivity index (χ0v) is 13.7. The van der Waals surface area contributed by atoms with Crippen molar-refractivity contribution in [3.8, 4) is 6.07 Å². The van der Waals surface area contributed by atoms with E-state index in [1.54, 1.807) is 12.0 Å². The summed E-state index contributed by atoms with van der Waals surface area (Å²) >= 11 is 0. The Morgan fingerprint density at radius 2 is 2.00 bits per heavy atom. The van der Waals surface area contributed by atoms with Crippen LogP contribution in [0.2, 0.25) is 0 Å². The van der Waals surface area contributed by atoms with E-state index in [9.17, 15) is 9.59 Å². The maximum absolute atomic E-state index is 12.3. The second-order valence-corrected chi connectivity index (χ2v) is 6.30. The molecule has 0 spiro atoms. The number of rotatable bonds is 6. The zero-order chi connectivity index (χ0) is 16.8. The van der Waals surface area contributed by atoms with Gasteiger partial charge in [0.2, 0.25) is 11.8 Å². The Balaban J connectivity index is 1.81. The fourth-order valence-electron chi connectivity index (χ4n) is 3.45. The highest BCUT2D eigenvalue weighted by molar-refractivity contribution is 5.84. The van der Waals surface area contributed by atoms with Gasteiger partial charge in [-0.05, 0) is 32.1 Å². The molecule has 23 heavy (non-hydrogen) atoms. The molecule has 0 unspecified atom stereocenters. The summed E-state index contributed by atoms with van der Waals surface area (Å²) in [5.41, 5.74) is 5.96. The second-order valence-electron chi connectivity index (χ2n) is 6.30. The molecule has 2 aliphatic rings. The Bertz CT molecular complexity index is 476. The van der Waals surface area contributed by atoms with E-state index in [2.05, 4.69) is 6.07 Å². The standard InChI is InChI=1S/C16H26N4O3/c1-23-11-13-5-3-8-19(13)15(21)7-6-14(18)16(22)20-9-2-4-12(20)10-17/h12-14H,2-9,11,18H2,1H3/t12-,13-,14-/m0/s1. The van der Waals surface area contributed by atoms with Crippen LogP contribution in [0.25, 0.3) is 0 Å². The van der Waals surface area contributed by atoms with Gasteiger partial charge >= 0.3 is 0 Å². The van der Waals surface area contributed by atoms with Crippen molar-refractivity contribution in [3.05, 3.63) is 0 Å². The molecule has 0 saturated carbocycles. The van der Waals surface area contributed by atoms with Crippen molar-refractivity contribution in [1.82, 2.24) is 9.80 Å². The number of methoxy groups -OCH3 is 1. The van der Waals surface area contributed by atoms with Gasteiger partial charge in [0.05, 0.1) is 24.8 Å². The van der Waals surface area contributed by atoms with Crippen molar-refractivity contribution in [2.45, 2.75) is 56.7 Å². The number of carbonyl (C=O) groups is 2. The van der Waals surface area contributed by atoms with Gasteiger partial charge in [0.25, 0.3) is 0 Å². The van der Waals surface area contributed by atoms with E-state index in [0.717, 1.165) is 25.8 Å². The minimum Gasteiger partial charge on any atom is -0.383 e. The van der Waals surface area contributed by atoms with Crippen LogP contribution in [0.4, 0.5) is 0 Å². The summed E-state index contributed by atoms with van der Waals surface area (Å²) in [6.07, 6.45) is 4.08. The molecular weight excluding hydrogens is 296 g/mol. The molecular formula is C16H26N4O3. The van der Waals surface area contributed by atoms with Crippen molar-refractivity contribution >= 4 is 11.8 Å². The average molecular weight is 322 g/mol. The first-order chi connectivity index (χ1) is 11.1. The molecule has 0 aromatic carbocycles. The third-order valence-electron chi connectivity index (χ3n) is 4.73. The molecule has 7 nitrogen and oxygen atoms in total. The van der Waals surface area contributed by atoms with E-state index >= 15 is 0 Å². The Kier molecular flexibility index (Phi) is 6.37. The van der Waals surface area contributed by atoms with E-state index in [1.165, 1.54) is 0 Å². The fourth-order valence-corrected chi connectivity index (χ4v) is 3.45. The molecule has 2 aliphatic heterocycles. The van der Waals surface area contributed by atoms with Crippen molar-refractivity contribution in [3.63, 3.8) is 0 Å². The second kappa shape index (κ2) is 8.27. The molecule has 2 amide bonds. The summed E-state index contributed by atoms with van der Waals surface area (Å²) in [5, 5.41) is 9.05. The molecule has 2 rings (SSSR count). The van der Waals surface area contributed by atoms with E-state index in [4.69, 9.17) is 15.7 Å². The highest BCUT2D eigenvalue weighted by atomic mass is 16.5. The lowest BCUT2D eigenvalue weighted by Gasteiger charge is -2.26. The number of nitrogens with zero attached hydrogens (tertiary/aromatic N) is 3. The summed E-state index contributed by atoms with van der Waals surface area (Å²) in [6, 6.07) is 1.20. The van der Waals surface area contributed by atoms with Gasteiger partial charge in [0, 0.05) is 26.6 Å².